The van der Waals surface area contributed by atoms with Crippen LogP contribution in [0.4, 0.5) is 0 Å². The molecule has 1 heterocycles. The second kappa shape index (κ2) is 6.59. The molecule has 2 atom stereocenters. The predicted octanol–water partition coefficient (Wildman–Crippen LogP) is 0.539. The summed E-state index contributed by atoms with van der Waals surface area (Å²) in [5.74, 6) is -0.297. The smallest absolute Gasteiger partial charge is 0.328 e. The molecule has 5 heteroatoms. The molecule has 5 nitrogen and oxygen atoms in total. The lowest BCUT2D eigenvalue weighted by Crippen LogP contribution is -2.53. The molecule has 1 amide bonds. The van der Waals surface area contributed by atoms with Gasteiger partial charge < -0.3 is 15.0 Å². The minimum absolute atomic E-state index is 0.0229. The van der Waals surface area contributed by atoms with Crippen LogP contribution in [-0.2, 0) is 14.3 Å². The van der Waals surface area contributed by atoms with Gasteiger partial charge in [0.05, 0.1) is 12.6 Å². The number of hydrogen-bond donors (Lipinski definition) is 1. The number of carbonyl (C=O) groups is 2. The fourth-order valence-electron chi connectivity index (χ4n) is 2.05. The van der Waals surface area contributed by atoms with E-state index in [1.807, 2.05) is 0 Å². The van der Waals surface area contributed by atoms with Crippen LogP contribution >= 0.6 is 0 Å². The number of hydrogen-bond acceptors (Lipinski definition) is 4. The van der Waals surface area contributed by atoms with E-state index in [-0.39, 0.29) is 17.9 Å². The number of amides is 1. The highest BCUT2D eigenvalue weighted by molar-refractivity contribution is 5.87. The molecule has 2 unspecified atom stereocenters. The predicted molar refractivity (Wildman–Crippen MR) is 64.5 cm³/mol. The Morgan fingerprint density at radius 3 is 2.76 bits per heavy atom. The van der Waals surface area contributed by atoms with Gasteiger partial charge in [0.25, 0.3) is 0 Å². The molecular formula is C12H22N2O3. The second-order valence-electron chi connectivity index (χ2n) is 4.31. The fourth-order valence-corrected chi connectivity index (χ4v) is 2.05. The zero-order valence-corrected chi connectivity index (χ0v) is 10.9. The lowest BCUT2D eigenvalue weighted by molar-refractivity contribution is -0.157. The summed E-state index contributed by atoms with van der Waals surface area (Å²) >= 11 is 0. The van der Waals surface area contributed by atoms with Crippen molar-refractivity contribution < 1.29 is 14.3 Å². The summed E-state index contributed by atoms with van der Waals surface area (Å²) in [6, 6.07) is -0.656. The number of piperidine rings is 1. The molecule has 1 aliphatic heterocycles. The summed E-state index contributed by atoms with van der Waals surface area (Å²) in [6.45, 7) is 4.59. The van der Waals surface area contributed by atoms with E-state index in [9.17, 15) is 9.59 Å². The van der Waals surface area contributed by atoms with E-state index in [0.717, 1.165) is 12.8 Å². The Hall–Kier alpha value is -1.10. The molecule has 98 valence electrons. The van der Waals surface area contributed by atoms with Crippen LogP contribution in [0.1, 0.15) is 33.1 Å². The van der Waals surface area contributed by atoms with Gasteiger partial charge in [-0.05, 0) is 40.2 Å². The van der Waals surface area contributed by atoms with Crippen molar-refractivity contribution in [2.45, 2.75) is 45.2 Å². The summed E-state index contributed by atoms with van der Waals surface area (Å²) in [4.78, 5) is 25.5. The van der Waals surface area contributed by atoms with Crippen LogP contribution in [-0.4, -0.2) is 49.1 Å². The van der Waals surface area contributed by atoms with Crippen LogP contribution in [0.5, 0.6) is 0 Å². The largest absolute Gasteiger partial charge is 0.464 e. The highest BCUT2D eigenvalue weighted by Crippen LogP contribution is 2.19. The number of ether oxygens (including phenoxy) is 1. The van der Waals surface area contributed by atoms with Gasteiger partial charge in [-0.15, -0.1) is 0 Å². The van der Waals surface area contributed by atoms with Crippen molar-refractivity contribution >= 4 is 11.9 Å². The molecule has 1 saturated heterocycles. The van der Waals surface area contributed by atoms with Crippen molar-refractivity contribution in [2.75, 3.05) is 20.2 Å². The molecule has 0 bridgehead atoms. The normalized spacial score (nSPS) is 22.1. The van der Waals surface area contributed by atoms with Crippen molar-refractivity contribution in [1.82, 2.24) is 10.2 Å². The number of likely N-dealkylation sites (N-methyl/N-ethyl adjacent to an activating group) is 1. The first-order valence-corrected chi connectivity index (χ1v) is 6.26. The molecule has 0 aromatic heterocycles. The van der Waals surface area contributed by atoms with Crippen molar-refractivity contribution in [1.29, 1.82) is 0 Å². The lowest BCUT2D eigenvalue weighted by atomic mass is 10.0. The third-order valence-electron chi connectivity index (χ3n) is 3.15. The molecule has 0 saturated carbocycles. The van der Waals surface area contributed by atoms with Gasteiger partial charge in [0, 0.05) is 6.54 Å². The Bertz CT molecular complexity index is 281. The lowest BCUT2D eigenvalue weighted by Gasteiger charge is -2.35. The van der Waals surface area contributed by atoms with Crippen LogP contribution in [0.25, 0.3) is 0 Å². The molecule has 0 aliphatic carbocycles. The standard InChI is InChI=1S/C12H22N2O3/c1-4-17-12(16)10-7-5-6-8-14(10)11(15)9(2)13-3/h9-10,13H,4-8H2,1-3H3. The van der Waals surface area contributed by atoms with Gasteiger partial charge in [-0.2, -0.15) is 0 Å². The van der Waals surface area contributed by atoms with Gasteiger partial charge in [-0.25, -0.2) is 4.79 Å². The van der Waals surface area contributed by atoms with E-state index in [0.29, 0.717) is 19.6 Å². The van der Waals surface area contributed by atoms with E-state index in [2.05, 4.69) is 5.32 Å². The minimum atomic E-state index is -0.396. The van der Waals surface area contributed by atoms with E-state index in [1.54, 1.807) is 25.8 Å². The number of rotatable bonds is 4. The number of likely N-dealkylation sites (tertiary alicyclic amines) is 1. The van der Waals surface area contributed by atoms with Crippen LogP contribution in [0.3, 0.4) is 0 Å². The second-order valence-corrected chi connectivity index (χ2v) is 4.31. The zero-order valence-electron chi connectivity index (χ0n) is 10.9. The van der Waals surface area contributed by atoms with Crippen molar-refractivity contribution in [2.24, 2.45) is 0 Å². The maximum absolute atomic E-state index is 12.1. The molecule has 1 fully saturated rings. The average Bonchev–Trinajstić information content (AvgIpc) is 2.37. The monoisotopic (exact) mass is 242 g/mol. The third-order valence-corrected chi connectivity index (χ3v) is 3.15. The van der Waals surface area contributed by atoms with E-state index in [1.165, 1.54) is 0 Å². The maximum Gasteiger partial charge on any atom is 0.328 e. The minimum Gasteiger partial charge on any atom is -0.464 e. The highest BCUT2D eigenvalue weighted by Gasteiger charge is 2.34. The summed E-state index contributed by atoms with van der Waals surface area (Å²) in [6.07, 6.45) is 2.64. The molecule has 1 aliphatic rings. The summed E-state index contributed by atoms with van der Waals surface area (Å²) in [7, 11) is 1.74. The van der Waals surface area contributed by atoms with Gasteiger partial charge in [0.15, 0.2) is 0 Å². The number of nitrogens with one attached hydrogen (secondary N) is 1. The van der Waals surface area contributed by atoms with Crippen LogP contribution in [0.2, 0.25) is 0 Å². The van der Waals surface area contributed by atoms with E-state index < -0.39 is 6.04 Å². The molecular weight excluding hydrogens is 220 g/mol. The van der Waals surface area contributed by atoms with Gasteiger partial charge in [-0.3, -0.25) is 4.79 Å². The Morgan fingerprint density at radius 2 is 2.18 bits per heavy atom. The highest BCUT2D eigenvalue weighted by atomic mass is 16.5. The van der Waals surface area contributed by atoms with Crippen LogP contribution < -0.4 is 5.32 Å². The van der Waals surface area contributed by atoms with Gasteiger partial charge in [0.1, 0.15) is 6.04 Å². The summed E-state index contributed by atoms with van der Waals surface area (Å²) < 4.78 is 5.02. The molecule has 17 heavy (non-hydrogen) atoms. The van der Waals surface area contributed by atoms with E-state index >= 15 is 0 Å². The number of nitrogens with zero attached hydrogens (tertiary/aromatic N) is 1. The first-order chi connectivity index (χ1) is 8.11. The van der Waals surface area contributed by atoms with Crippen molar-refractivity contribution in [3.8, 4) is 0 Å². The maximum atomic E-state index is 12.1. The zero-order chi connectivity index (χ0) is 12.8. The Morgan fingerprint density at radius 1 is 1.47 bits per heavy atom. The molecule has 0 aromatic carbocycles. The van der Waals surface area contributed by atoms with Gasteiger partial charge in [0.2, 0.25) is 5.91 Å². The summed E-state index contributed by atoms with van der Waals surface area (Å²) in [5.41, 5.74) is 0. The van der Waals surface area contributed by atoms with Crippen LogP contribution in [0, 0.1) is 0 Å². The summed E-state index contributed by atoms with van der Waals surface area (Å²) in [5, 5.41) is 2.91. The number of carbonyl (C=O) groups excluding carboxylic acids is 2. The third kappa shape index (κ3) is 3.43. The quantitative estimate of drug-likeness (QED) is 0.731. The molecule has 1 N–H and O–H groups in total. The van der Waals surface area contributed by atoms with E-state index in [4.69, 9.17) is 4.74 Å². The fraction of sp³-hybridized carbons (Fsp3) is 0.833. The molecule has 0 spiro atoms. The first kappa shape index (κ1) is 14.0. The molecule has 0 aromatic rings. The molecule has 1 rings (SSSR count). The molecule has 0 radical (unpaired) electrons. The van der Waals surface area contributed by atoms with Crippen molar-refractivity contribution in [3.63, 3.8) is 0 Å². The first-order valence-electron chi connectivity index (χ1n) is 6.26. The van der Waals surface area contributed by atoms with Crippen molar-refractivity contribution in [3.05, 3.63) is 0 Å². The Labute approximate surface area is 102 Å². The topological polar surface area (TPSA) is 58.6 Å². The number of esters is 1. The van der Waals surface area contributed by atoms with Crippen LogP contribution in [0.15, 0.2) is 0 Å². The SMILES string of the molecule is CCOC(=O)C1CCCCN1C(=O)C(C)NC. The van der Waals surface area contributed by atoms with Gasteiger partial charge in [-0.1, -0.05) is 0 Å². The Kier molecular flexibility index (Phi) is 5.41. The average molecular weight is 242 g/mol. The Balaban J connectivity index is 2.71. The van der Waals surface area contributed by atoms with Gasteiger partial charge >= 0.3 is 5.97 Å².